The molecule has 11 heavy (non-hydrogen) atoms. The molecule has 0 saturated carbocycles. The molecule has 0 amide bonds. The lowest BCUT2D eigenvalue weighted by Crippen LogP contribution is -2.36. The molecule has 0 aromatic carbocycles. The van der Waals surface area contributed by atoms with E-state index in [1.54, 1.807) is 0 Å². The van der Waals surface area contributed by atoms with Gasteiger partial charge in [0.25, 0.3) is 0 Å². The summed E-state index contributed by atoms with van der Waals surface area (Å²) in [5.41, 5.74) is 2.57. The van der Waals surface area contributed by atoms with Gasteiger partial charge in [-0.3, -0.25) is 5.84 Å². The molecule has 64 valence electrons. The van der Waals surface area contributed by atoms with Gasteiger partial charge in [-0.05, 0) is 6.42 Å². The third-order valence-electron chi connectivity index (χ3n) is 1.52. The predicted octanol–water partition coefficient (Wildman–Crippen LogP) is 0.983. The molecule has 0 fully saturated rings. The zero-order chi connectivity index (χ0) is 8.69. The van der Waals surface area contributed by atoms with E-state index in [0.717, 1.165) is 5.75 Å². The van der Waals surface area contributed by atoms with Crippen LogP contribution >= 0.6 is 11.8 Å². The first kappa shape index (κ1) is 10.8. The Labute approximate surface area is 73.3 Å². The fraction of sp³-hybridized carbons (Fsp3) is 0.750. The van der Waals surface area contributed by atoms with E-state index in [-0.39, 0.29) is 6.04 Å². The SMILES string of the molecule is C#CC(CSC(C)CC)NN. The maximum absolute atomic E-state index is 5.21. The third kappa shape index (κ3) is 5.14. The van der Waals surface area contributed by atoms with Crippen molar-refractivity contribution in [3.8, 4) is 12.3 Å². The molecule has 2 nitrogen and oxygen atoms in total. The van der Waals surface area contributed by atoms with Gasteiger partial charge in [-0.1, -0.05) is 19.8 Å². The quantitative estimate of drug-likeness (QED) is 0.369. The van der Waals surface area contributed by atoms with Crippen LogP contribution < -0.4 is 11.3 Å². The van der Waals surface area contributed by atoms with Crippen LogP contribution in [0.25, 0.3) is 0 Å². The van der Waals surface area contributed by atoms with Crippen LogP contribution in [0.3, 0.4) is 0 Å². The van der Waals surface area contributed by atoms with Gasteiger partial charge in [-0.15, -0.1) is 6.42 Å². The van der Waals surface area contributed by atoms with Crippen molar-refractivity contribution in [2.24, 2.45) is 5.84 Å². The average Bonchev–Trinajstić information content (AvgIpc) is 2.06. The molecule has 0 aromatic rings. The standard InChI is InChI=1S/C8H16N2S/c1-4-7(3)11-6-8(5-2)10-9/h2,7-8,10H,4,6,9H2,1,3H3. The molecule has 3 N–H and O–H groups in total. The number of nitrogens with one attached hydrogen (secondary N) is 1. The topological polar surface area (TPSA) is 38.0 Å². The van der Waals surface area contributed by atoms with E-state index in [1.165, 1.54) is 6.42 Å². The van der Waals surface area contributed by atoms with Crippen molar-refractivity contribution in [3.63, 3.8) is 0 Å². The van der Waals surface area contributed by atoms with E-state index < -0.39 is 0 Å². The number of hydrogen-bond acceptors (Lipinski definition) is 3. The molecule has 0 spiro atoms. The molecule has 0 aliphatic rings. The zero-order valence-corrected chi connectivity index (χ0v) is 7.95. The van der Waals surface area contributed by atoms with Gasteiger partial charge in [0.2, 0.25) is 0 Å². The van der Waals surface area contributed by atoms with E-state index in [0.29, 0.717) is 5.25 Å². The first-order valence-electron chi connectivity index (χ1n) is 3.78. The minimum atomic E-state index is 0.00833. The Hall–Kier alpha value is -0.170. The first-order chi connectivity index (χ1) is 5.24. The summed E-state index contributed by atoms with van der Waals surface area (Å²) >= 11 is 1.85. The number of nitrogens with two attached hydrogens (primary N) is 1. The fourth-order valence-electron chi connectivity index (χ4n) is 0.523. The Bertz CT molecular complexity index is 131. The first-order valence-corrected chi connectivity index (χ1v) is 4.83. The number of hydrogen-bond donors (Lipinski definition) is 2. The van der Waals surface area contributed by atoms with Crippen molar-refractivity contribution in [2.45, 2.75) is 31.6 Å². The van der Waals surface area contributed by atoms with Crippen LogP contribution in [-0.2, 0) is 0 Å². The van der Waals surface area contributed by atoms with Crippen molar-refractivity contribution < 1.29 is 0 Å². The lowest BCUT2D eigenvalue weighted by molar-refractivity contribution is 0.692. The van der Waals surface area contributed by atoms with Gasteiger partial charge in [-0.25, -0.2) is 5.43 Å². The van der Waals surface area contributed by atoms with Crippen molar-refractivity contribution in [1.82, 2.24) is 5.43 Å². The Kier molecular flexibility index (Phi) is 6.43. The second kappa shape index (κ2) is 6.53. The molecule has 0 saturated heterocycles. The molecular formula is C8H16N2S. The van der Waals surface area contributed by atoms with Crippen molar-refractivity contribution in [1.29, 1.82) is 0 Å². The molecule has 3 heteroatoms. The van der Waals surface area contributed by atoms with E-state index in [9.17, 15) is 0 Å². The highest BCUT2D eigenvalue weighted by Crippen LogP contribution is 2.13. The summed E-state index contributed by atoms with van der Waals surface area (Å²) in [5, 5.41) is 0.666. The Morgan fingerprint density at radius 3 is 2.73 bits per heavy atom. The molecule has 0 rings (SSSR count). The molecule has 2 atom stereocenters. The van der Waals surface area contributed by atoms with Gasteiger partial charge < -0.3 is 0 Å². The van der Waals surface area contributed by atoms with Gasteiger partial charge in [0.1, 0.15) is 0 Å². The number of rotatable bonds is 5. The third-order valence-corrected chi connectivity index (χ3v) is 2.95. The summed E-state index contributed by atoms with van der Waals surface area (Å²) in [6.45, 7) is 4.35. The summed E-state index contributed by atoms with van der Waals surface area (Å²) in [4.78, 5) is 0. The normalized spacial score (nSPS) is 15.5. The summed E-state index contributed by atoms with van der Waals surface area (Å²) in [6.07, 6.45) is 6.38. The Balaban J connectivity index is 3.44. The van der Waals surface area contributed by atoms with Crippen LogP contribution in [0.2, 0.25) is 0 Å². The second-order valence-electron chi connectivity index (χ2n) is 2.44. The summed E-state index contributed by atoms with van der Waals surface area (Å²) in [7, 11) is 0. The van der Waals surface area contributed by atoms with Crippen LogP contribution in [0.4, 0.5) is 0 Å². The molecule has 0 radical (unpaired) electrons. The molecule has 2 unspecified atom stereocenters. The van der Waals surface area contributed by atoms with Crippen LogP contribution in [0.15, 0.2) is 0 Å². The highest BCUT2D eigenvalue weighted by Gasteiger charge is 2.04. The average molecular weight is 172 g/mol. The summed E-state index contributed by atoms with van der Waals surface area (Å²) < 4.78 is 0. The Morgan fingerprint density at radius 2 is 2.36 bits per heavy atom. The van der Waals surface area contributed by atoms with E-state index >= 15 is 0 Å². The number of terminal acetylenes is 1. The maximum atomic E-state index is 5.21. The summed E-state index contributed by atoms with van der Waals surface area (Å²) in [6, 6.07) is 0.00833. The van der Waals surface area contributed by atoms with Gasteiger partial charge in [0, 0.05) is 11.0 Å². The Morgan fingerprint density at radius 1 is 1.73 bits per heavy atom. The highest BCUT2D eigenvalue weighted by molar-refractivity contribution is 7.99. The number of hydrazine groups is 1. The fourth-order valence-corrected chi connectivity index (χ4v) is 1.47. The van der Waals surface area contributed by atoms with Crippen LogP contribution in [0.5, 0.6) is 0 Å². The van der Waals surface area contributed by atoms with E-state index in [4.69, 9.17) is 12.3 Å². The van der Waals surface area contributed by atoms with Crippen molar-refractivity contribution in [3.05, 3.63) is 0 Å². The van der Waals surface area contributed by atoms with Gasteiger partial charge in [0.15, 0.2) is 0 Å². The minimum Gasteiger partial charge on any atom is -0.270 e. The van der Waals surface area contributed by atoms with Crippen molar-refractivity contribution >= 4 is 11.8 Å². The number of thioether (sulfide) groups is 1. The molecule has 0 aliphatic heterocycles. The lowest BCUT2D eigenvalue weighted by Gasteiger charge is -2.11. The smallest absolute Gasteiger partial charge is 0.0905 e. The lowest BCUT2D eigenvalue weighted by atomic mass is 10.4. The largest absolute Gasteiger partial charge is 0.270 e. The summed E-state index contributed by atoms with van der Waals surface area (Å²) in [5.74, 6) is 8.67. The van der Waals surface area contributed by atoms with Gasteiger partial charge in [-0.2, -0.15) is 11.8 Å². The molecular weight excluding hydrogens is 156 g/mol. The van der Waals surface area contributed by atoms with E-state index in [2.05, 4.69) is 25.2 Å². The van der Waals surface area contributed by atoms with Crippen molar-refractivity contribution in [2.75, 3.05) is 5.75 Å². The zero-order valence-electron chi connectivity index (χ0n) is 7.13. The highest BCUT2D eigenvalue weighted by atomic mass is 32.2. The molecule has 0 heterocycles. The maximum Gasteiger partial charge on any atom is 0.0905 e. The molecule has 0 aromatic heterocycles. The van der Waals surface area contributed by atoms with Crippen LogP contribution in [-0.4, -0.2) is 17.0 Å². The second-order valence-corrected chi connectivity index (χ2v) is 3.91. The van der Waals surface area contributed by atoms with Crippen LogP contribution in [0, 0.1) is 12.3 Å². The molecule has 0 aliphatic carbocycles. The van der Waals surface area contributed by atoms with Gasteiger partial charge >= 0.3 is 0 Å². The van der Waals surface area contributed by atoms with Gasteiger partial charge in [0.05, 0.1) is 6.04 Å². The monoisotopic (exact) mass is 172 g/mol. The molecule has 0 bridgehead atoms. The minimum absolute atomic E-state index is 0.00833. The van der Waals surface area contributed by atoms with Crippen LogP contribution in [0.1, 0.15) is 20.3 Å². The predicted molar refractivity (Wildman–Crippen MR) is 52.2 cm³/mol. The van der Waals surface area contributed by atoms with E-state index in [1.807, 2.05) is 11.8 Å².